The Labute approximate surface area is 272 Å². The summed E-state index contributed by atoms with van der Waals surface area (Å²) in [5.41, 5.74) is 1.37. The summed E-state index contributed by atoms with van der Waals surface area (Å²) in [6, 6.07) is 10.4. The van der Waals surface area contributed by atoms with Crippen LogP contribution in [0.2, 0.25) is 0 Å². The van der Waals surface area contributed by atoms with E-state index >= 15 is 0 Å². The SMILES string of the molecule is CP(C)(=O)c1ccc(NCC#Cc2sc3c(NC4CCC(C5CCS(=O)(=O)CC5)CC4)cccc3c2CC(F)(F)F)c(OCF)c1. The molecule has 1 saturated heterocycles. The third kappa shape index (κ3) is 8.78. The molecule has 2 N–H and O–H groups in total. The van der Waals surface area contributed by atoms with E-state index in [1.54, 1.807) is 37.6 Å². The number of alkyl halides is 4. The van der Waals surface area contributed by atoms with Crippen molar-refractivity contribution in [3.05, 3.63) is 46.8 Å². The number of hydrogen-bond acceptors (Lipinski definition) is 7. The lowest BCUT2D eigenvalue weighted by Gasteiger charge is -2.36. The molecule has 0 spiro atoms. The highest BCUT2D eigenvalue weighted by Gasteiger charge is 2.33. The Bertz CT molecular complexity index is 1750. The first-order valence-electron chi connectivity index (χ1n) is 15.4. The average molecular weight is 699 g/mol. The highest BCUT2D eigenvalue weighted by Crippen LogP contribution is 2.42. The van der Waals surface area contributed by atoms with Crippen LogP contribution in [0.5, 0.6) is 5.75 Å². The van der Waals surface area contributed by atoms with Crippen molar-refractivity contribution in [2.45, 2.75) is 57.2 Å². The second-order valence-corrected chi connectivity index (χ2v) is 19.1. The number of sulfone groups is 1. The van der Waals surface area contributed by atoms with E-state index < -0.39 is 36.4 Å². The Hall–Kier alpha value is -2.74. The predicted molar refractivity (Wildman–Crippen MR) is 180 cm³/mol. The number of fused-ring (bicyclic) bond motifs is 1. The molecule has 1 aliphatic carbocycles. The fourth-order valence-corrected chi connectivity index (χ4v) is 10.1. The molecule has 2 aromatic carbocycles. The Balaban J connectivity index is 1.31. The molecule has 0 amide bonds. The summed E-state index contributed by atoms with van der Waals surface area (Å²) in [7, 11) is -5.49. The van der Waals surface area contributed by atoms with Crippen LogP contribution in [-0.2, 0) is 20.8 Å². The van der Waals surface area contributed by atoms with Crippen LogP contribution < -0.4 is 20.7 Å². The van der Waals surface area contributed by atoms with Gasteiger partial charge in [0.05, 0.1) is 45.4 Å². The van der Waals surface area contributed by atoms with Crippen LogP contribution in [0.4, 0.5) is 28.9 Å². The number of halogens is 4. The van der Waals surface area contributed by atoms with E-state index in [9.17, 15) is 30.5 Å². The quantitative estimate of drug-likeness (QED) is 0.135. The first kappa shape index (κ1) is 34.6. The van der Waals surface area contributed by atoms with Crippen molar-refractivity contribution in [2.75, 3.05) is 48.9 Å². The highest BCUT2D eigenvalue weighted by molar-refractivity contribution is 7.91. The molecule has 0 atom stereocenters. The molecule has 6 nitrogen and oxygen atoms in total. The van der Waals surface area contributed by atoms with Crippen LogP contribution in [0.15, 0.2) is 36.4 Å². The van der Waals surface area contributed by atoms with Gasteiger partial charge in [-0.25, -0.2) is 12.8 Å². The lowest BCUT2D eigenvalue weighted by Crippen LogP contribution is -2.33. The van der Waals surface area contributed by atoms with Gasteiger partial charge in [0.1, 0.15) is 22.7 Å². The molecule has 1 aliphatic heterocycles. The monoisotopic (exact) mass is 698 g/mol. The van der Waals surface area contributed by atoms with Gasteiger partial charge >= 0.3 is 6.18 Å². The molecule has 0 unspecified atom stereocenters. The lowest BCUT2D eigenvalue weighted by atomic mass is 9.76. The normalized spacial score (nSPS) is 20.6. The van der Waals surface area contributed by atoms with Crippen molar-refractivity contribution in [3.63, 3.8) is 0 Å². The summed E-state index contributed by atoms with van der Waals surface area (Å²) in [5.74, 6) is 7.55. The molecule has 2 aliphatic rings. The zero-order chi connectivity index (χ0) is 33.1. The predicted octanol–water partition coefficient (Wildman–Crippen LogP) is 7.82. The number of thiophene rings is 1. The summed E-state index contributed by atoms with van der Waals surface area (Å²) >= 11 is 1.24. The Kier molecular flexibility index (Phi) is 10.7. The molecule has 5 rings (SSSR count). The summed E-state index contributed by atoms with van der Waals surface area (Å²) in [6.45, 7) is 2.20. The minimum Gasteiger partial charge on any atom is -0.461 e. The largest absolute Gasteiger partial charge is 0.461 e. The fraction of sp³-hybridized carbons (Fsp3) is 0.515. The van der Waals surface area contributed by atoms with E-state index in [2.05, 4.69) is 22.5 Å². The van der Waals surface area contributed by atoms with Crippen LogP contribution in [0, 0.1) is 23.7 Å². The van der Waals surface area contributed by atoms with Crippen molar-refractivity contribution in [1.29, 1.82) is 0 Å². The molecular weight excluding hydrogens is 659 g/mol. The van der Waals surface area contributed by atoms with Gasteiger partial charge in [-0.2, -0.15) is 13.2 Å². The number of nitrogens with one attached hydrogen (secondary N) is 2. The standard InChI is InChI=1S/C33H39F4N2O4PS2/c1-44(2,40)25-12-13-28(30(19-25)43-21-34)38-16-4-7-31-27(20-33(35,36)37)26-5-3-6-29(32(26)45-31)39-24-10-8-22(9-11-24)23-14-17-46(41,42)18-15-23/h3,5-6,12-13,19,22-24,38-39H,8-11,14-18,20-21H2,1-2H3. The number of hydrogen-bond donors (Lipinski definition) is 2. The molecule has 3 aromatic rings. The Morgan fingerprint density at radius 1 is 1.00 bits per heavy atom. The molecule has 0 radical (unpaired) electrons. The van der Waals surface area contributed by atoms with Gasteiger partial charge < -0.3 is 19.9 Å². The zero-order valence-electron chi connectivity index (χ0n) is 25.9. The van der Waals surface area contributed by atoms with Gasteiger partial charge in [-0.3, -0.25) is 0 Å². The molecule has 2 heterocycles. The smallest absolute Gasteiger partial charge is 0.393 e. The molecule has 250 valence electrons. The maximum absolute atomic E-state index is 13.7. The van der Waals surface area contributed by atoms with Crippen molar-refractivity contribution < 1.29 is 35.3 Å². The van der Waals surface area contributed by atoms with E-state index in [0.29, 0.717) is 33.1 Å². The van der Waals surface area contributed by atoms with E-state index in [1.165, 1.54) is 17.4 Å². The van der Waals surface area contributed by atoms with Gasteiger partial charge in [-0.1, -0.05) is 24.0 Å². The average Bonchev–Trinajstić information content (AvgIpc) is 3.32. The second-order valence-electron chi connectivity index (χ2n) is 12.6. The minimum absolute atomic E-state index is 0.0683. The number of ether oxygens (including phenoxy) is 1. The van der Waals surface area contributed by atoms with Crippen LogP contribution >= 0.6 is 18.5 Å². The minimum atomic E-state index is -4.42. The Morgan fingerprint density at radius 2 is 1.70 bits per heavy atom. The van der Waals surface area contributed by atoms with Crippen LogP contribution in [0.25, 0.3) is 10.1 Å². The third-order valence-corrected chi connectivity index (χ3v) is 13.4. The first-order valence-corrected chi connectivity index (χ1v) is 20.7. The number of anilines is 2. The molecule has 2 fully saturated rings. The molecule has 0 bridgehead atoms. The molecular formula is C33H39F4N2O4PS2. The maximum Gasteiger partial charge on any atom is 0.393 e. The van der Waals surface area contributed by atoms with Gasteiger partial charge in [0, 0.05) is 11.3 Å². The van der Waals surface area contributed by atoms with Gasteiger partial charge in [0.15, 0.2) is 0 Å². The van der Waals surface area contributed by atoms with E-state index in [1.807, 2.05) is 6.07 Å². The van der Waals surface area contributed by atoms with Gasteiger partial charge in [-0.05, 0) is 98.9 Å². The molecule has 1 aromatic heterocycles. The molecule has 46 heavy (non-hydrogen) atoms. The summed E-state index contributed by atoms with van der Waals surface area (Å²) < 4.78 is 96.1. The van der Waals surface area contributed by atoms with Gasteiger partial charge in [-0.15, -0.1) is 11.3 Å². The summed E-state index contributed by atoms with van der Waals surface area (Å²) in [5, 5.41) is 7.69. The number of rotatable bonds is 9. The zero-order valence-corrected chi connectivity index (χ0v) is 28.4. The van der Waals surface area contributed by atoms with Crippen molar-refractivity contribution in [1.82, 2.24) is 0 Å². The third-order valence-electron chi connectivity index (χ3n) is 8.96. The maximum atomic E-state index is 13.7. The summed E-state index contributed by atoms with van der Waals surface area (Å²) in [4.78, 5) is 0.341. The van der Waals surface area contributed by atoms with Crippen LogP contribution in [0.3, 0.4) is 0 Å². The number of benzene rings is 2. The van der Waals surface area contributed by atoms with E-state index in [-0.39, 0.29) is 35.4 Å². The van der Waals surface area contributed by atoms with Crippen LogP contribution in [-0.4, -0.2) is 58.9 Å². The van der Waals surface area contributed by atoms with Gasteiger partial charge in [0.2, 0.25) is 6.86 Å². The van der Waals surface area contributed by atoms with E-state index in [4.69, 9.17) is 4.74 Å². The van der Waals surface area contributed by atoms with Crippen molar-refractivity contribution >= 4 is 55.1 Å². The summed E-state index contributed by atoms with van der Waals surface area (Å²) in [6.07, 6.45) is -0.187. The van der Waals surface area contributed by atoms with Crippen LogP contribution in [0.1, 0.15) is 49.0 Å². The topological polar surface area (TPSA) is 84.5 Å². The molecule has 13 heteroatoms. The second kappa shape index (κ2) is 14.2. The van der Waals surface area contributed by atoms with Crippen molar-refractivity contribution in [3.8, 4) is 17.6 Å². The lowest BCUT2D eigenvalue weighted by molar-refractivity contribution is -0.126. The fourth-order valence-electron chi connectivity index (χ4n) is 6.53. The van der Waals surface area contributed by atoms with Crippen molar-refractivity contribution in [2.24, 2.45) is 11.8 Å². The Morgan fingerprint density at radius 3 is 2.35 bits per heavy atom. The van der Waals surface area contributed by atoms with E-state index in [0.717, 1.165) is 48.9 Å². The van der Waals surface area contributed by atoms with Gasteiger partial charge in [0.25, 0.3) is 0 Å². The molecule has 1 saturated carbocycles. The highest BCUT2D eigenvalue weighted by atomic mass is 32.2. The first-order chi connectivity index (χ1) is 21.7.